The molecule has 0 aliphatic heterocycles. The number of rotatable bonds is 2. The van der Waals surface area contributed by atoms with E-state index in [-0.39, 0.29) is 11.5 Å². The van der Waals surface area contributed by atoms with Crippen LogP contribution in [0.3, 0.4) is 0 Å². The Kier molecular flexibility index (Phi) is 2.38. The van der Waals surface area contributed by atoms with Gasteiger partial charge in [0, 0.05) is 11.6 Å². The lowest BCUT2D eigenvalue weighted by atomic mass is 10.3. The monoisotopic (exact) mass is 194 g/mol. The van der Waals surface area contributed by atoms with Gasteiger partial charge in [-0.2, -0.15) is 0 Å². The van der Waals surface area contributed by atoms with Gasteiger partial charge in [-0.3, -0.25) is 0 Å². The molecule has 0 unspecified atom stereocenters. The highest BCUT2D eigenvalue weighted by atomic mass is 35.5. The molecule has 66 valence electrons. The van der Waals surface area contributed by atoms with Crippen LogP contribution in [0.15, 0.2) is 24.3 Å². The molecule has 2 nitrogen and oxygen atoms in total. The predicted molar refractivity (Wildman–Crippen MR) is 39.5 cm³/mol. The van der Waals surface area contributed by atoms with Crippen LogP contribution < -0.4 is 4.74 Å². The Bertz CT molecular complexity index is 255. The zero-order chi connectivity index (χ0) is 9.19. The quantitative estimate of drug-likeness (QED) is 0.734. The van der Waals surface area contributed by atoms with Crippen LogP contribution in [0.25, 0.3) is 0 Å². The number of phenols is 1. The van der Waals surface area contributed by atoms with E-state index in [0.29, 0.717) is 0 Å². The van der Waals surface area contributed by atoms with Crippen molar-refractivity contribution >= 4 is 11.6 Å². The zero-order valence-electron chi connectivity index (χ0n) is 5.80. The largest absolute Gasteiger partial charge is 0.508 e. The molecule has 0 aliphatic carbocycles. The molecule has 0 aliphatic rings. The van der Waals surface area contributed by atoms with Crippen LogP contribution >= 0.6 is 11.6 Å². The molecule has 0 radical (unpaired) electrons. The number of phenolic OH excluding ortho intramolecular Hbond substituents is 1. The maximum absolute atomic E-state index is 12.0. The smallest absolute Gasteiger partial charge is 0.487 e. The van der Waals surface area contributed by atoms with Gasteiger partial charge < -0.3 is 9.84 Å². The lowest BCUT2D eigenvalue weighted by Gasteiger charge is -2.09. The van der Waals surface area contributed by atoms with Gasteiger partial charge in [-0.25, -0.2) is 0 Å². The van der Waals surface area contributed by atoms with E-state index in [4.69, 9.17) is 5.11 Å². The Morgan fingerprint density at radius 3 is 2.17 bits per heavy atom. The van der Waals surface area contributed by atoms with E-state index >= 15 is 0 Å². The number of halogens is 3. The van der Waals surface area contributed by atoms with E-state index in [2.05, 4.69) is 16.3 Å². The summed E-state index contributed by atoms with van der Waals surface area (Å²) in [6.45, 7) is 0. The molecule has 1 rings (SSSR count). The van der Waals surface area contributed by atoms with Crippen molar-refractivity contribution in [3.05, 3.63) is 24.3 Å². The van der Waals surface area contributed by atoms with Gasteiger partial charge in [0.25, 0.3) is 0 Å². The molecule has 0 amide bonds. The van der Waals surface area contributed by atoms with E-state index in [1.807, 2.05) is 0 Å². The summed E-state index contributed by atoms with van der Waals surface area (Å²) in [5.41, 5.74) is -3.71. The normalized spacial score (nSPS) is 11.2. The third kappa shape index (κ3) is 2.92. The number of hydrogen-bond acceptors (Lipinski definition) is 2. The number of aromatic hydroxyl groups is 1. The van der Waals surface area contributed by atoms with Gasteiger partial charge in [-0.1, -0.05) is 0 Å². The summed E-state index contributed by atoms with van der Waals surface area (Å²) in [4.78, 5) is 0. The molecule has 0 bridgehead atoms. The molecule has 0 heterocycles. The van der Waals surface area contributed by atoms with Crippen molar-refractivity contribution in [3.63, 3.8) is 0 Å². The van der Waals surface area contributed by atoms with Gasteiger partial charge in [0.15, 0.2) is 0 Å². The first-order valence-corrected chi connectivity index (χ1v) is 3.40. The topological polar surface area (TPSA) is 29.5 Å². The molecule has 12 heavy (non-hydrogen) atoms. The second kappa shape index (κ2) is 3.15. The maximum Gasteiger partial charge on any atom is 0.487 e. The number of ether oxygens (including phenoxy) is 1. The third-order valence-electron chi connectivity index (χ3n) is 1.07. The second-order valence-electron chi connectivity index (χ2n) is 2.04. The molecule has 0 saturated heterocycles. The Hall–Kier alpha value is -1.03. The summed E-state index contributed by atoms with van der Waals surface area (Å²) in [6.07, 6.45) is 0. The molecule has 0 spiro atoms. The first-order chi connectivity index (χ1) is 5.47. The van der Waals surface area contributed by atoms with Crippen LogP contribution in [0.2, 0.25) is 0 Å². The third-order valence-corrected chi connectivity index (χ3v) is 1.15. The molecular weight excluding hydrogens is 190 g/mol. The first kappa shape index (κ1) is 9.06. The number of alkyl halides is 3. The second-order valence-corrected chi connectivity index (χ2v) is 2.48. The maximum atomic E-state index is 12.0. The summed E-state index contributed by atoms with van der Waals surface area (Å²) in [7, 11) is 0. The summed E-state index contributed by atoms with van der Waals surface area (Å²) in [5.74, 6) is -0.131. The fourth-order valence-corrected chi connectivity index (χ4v) is 0.737. The molecule has 0 fully saturated rings. The van der Waals surface area contributed by atoms with Gasteiger partial charge in [-0.05, 0) is 24.3 Å². The van der Waals surface area contributed by atoms with Gasteiger partial charge >= 0.3 is 5.57 Å². The Morgan fingerprint density at radius 1 is 1.25 bits per heavy atom. The zero-order valence-corrected chi connectivity index (χ0v) is 6.55. The fraction of sp³-hybridized carbons (Fsp3) is 0.143. The molecule has 0 aromatic heterocycles. The average molecular weight is 195 g/mol. The summed E-state index contributed by atoms with van der Waals surface area (Å²) in [6, 6.07) is 4.81. The minimum absolute atomic E-state index is 0.0276. The minimum atomic E-state index is -3.71. The highest BCUT2D eigenvalue weighted by molar-refractivity contribution is 6.20. The summed E-state index contributed by atoms with van der Waals surface area (Å²) < 4.78 is 28.0. The molecule has 0 saturated carbocycles. The molecular formula is C7H5ClF2O2. The van der Waals surface area contributed by atoms with Gasteiger partial charge in [-0.15, -0.1) is 8.78 Å². The van der Waals surface area contributed by atoms with Crippen LogP contribution in [-0.2, 0) is 0 Å². The predicted octanol–water partition coefficient (Wildman–Crippen LogP) is 2.56. The van der Waals surface area contributed by atoms with Crippen molar-refractivity contribution in [2.75, 3.05) is 0 Å². The van der Waals surface area contributed by atoms with Crippen LogP contribution in [0.1, 0.15) is 0 Å². The van der Waals surface area contributed by atoms with E-state index in [0.717, 1.165) is 0 Å². The van der Waals surface area contributed by atoms with Crippen molar-refractivity contribution in [3.8, 4) is 11.5 Å². The number of benzene rings is 1. The van der Waals surface area contributed by atoms with Crippen LogP contribution in [0, 0.1) is 0 Å². The average Bonchev–Trinajstić information content (AvgIpc) is 1.91. The van der Waals surface area contributed by atoms with E-state index < -0.39 is 5.57 Å². The van der Waals surface area contributed by atoms with Crippen molar-refractivity contribution in [2.45, 2.75) is 5.57 Å². The van der Waals surface area contributed by atoms with Crippen molar-refractivity contribution in [1.82, 2.24) is 0 Å². The van der Waals surface area contributed by atoms with Gasteiger partial charge in [0.2, 0.25) is 0 Å². The van der Waals surface area contributed by atoms with Crippen LogP contribution in [-0.4, -0.2) is 10.7 Å². The van der Waals surface area contributed by atoms with Crippen molar-refractivity contribution in [2.24, 2.45) is 0 Å². The first-order valence-electron chi connectivity index (χ1n) is 3.02. The van der Waals surface area contributed by atoms with Crippen molar-refractivity contribution < 1.29 is 18.6 Å². The molecule has 0 atom stereocenters. The van der Waals surface area contributed by atoms with Gasteiger partial charge in [0.1, 0.15) is 11.5 Å². The molecule has 1 N–H and O–H groups in total. The summed E-state index contributed by atoms with van der Waals surface area (Å²) in [5, 5.41) is 8.78. The Labute approximate surface area is 72.3 Å². The fourth-order valence-electron chi connectivity index (χ4n) is 0.648. The van der Waals surface area contributed by atoms with Crippen molar-refractivity contribution in [1.29, 1.82) is 0 Å². The molecule has 1 aromatic rings. The highest BCUT2D eigenvalue weighted by Gasteiger charge is 2.27. The van der Waals surface area contributed by atoms with Gasteiger partial charge in [0.05, 0.1) is 0 Å². The lowest BCUT2D eigenvalue weighted by molar-refractivity contribution is -0.0965. The van der Waals surface area contributed by atoms with E-state index in [1.54, 1.807) is 0 Å². The Morgan fingerprint density at radius 2 is 1.75 bits per heavy atom. The number of hydrogen-bond donors (Lipinski definition) is 1. The Balaban J connectivity index is 2.71. The highest BCUT2D eigenvalue weighted by Crippen LogP contribution is 2.25. The molecule has 5 heteroatoms. The molecule has 1 aromatic carbocycles. The summed E-state index contributed by atoms with van der Waals surface area (Å²) >= 11 is 4.49. The minimum Gasteiger partial charge on any atom is -0.508 e. The van der Waals surface area contributed by atoms with Crippen LogP contribution in [0.4, 0.5) is 8.78 Å². The standard InChI is InChI=1S/C7H5ClF2O2/c8-7(9,10)12-6-3-1-5(11)2-4-6/h1-4,11H. The van der Waals surface area contributed by atoms with Crippen LogP contribution in [0.5, 0.6) is 11.5 Å². The van der Waals surface area contributed by atoms with E-state index in [9.17, 15) is 8.78 Å². The lowest BCUT2D eigenvalue weighted by Crippen LogP contribution is -2.15. The van der Waals surface area contributed by atoms with E-state index in [1.165, 1.54) is 24.3 Å². The SMILES string of the molecule is Oc1ccc(OC(F)(F)Cl)cc1.